The minimum Gasteiger partial charge on any atom is -0.394 e. The van der Waals surface area contributed by atoms with Gasteiger partial charge in [-0.3, -0.25) is 5.32 Å². The largest absolute Gasteiger partial charge is 0.394 e. The lowest BCUT2D eigenvalue weighted by Gasteiger charge is -2.40. The van der Waals surface area contributed by atoms with Crippen molar-refractivity contribution in [1.82, 2.24) is 14.9 Å². The zero-order valence-corrected chi connectivity index (χ0v) is 18.9. The summed E-state index contributed by atoms with van der Waals surface area (Å²) < 4.78 is 15.5. The summed E-state index contributed by atoms with van der Waals surface area (Å²) in [6, 6.07) is 6.26. The smallest absolute Gasteiger partial charge is 0.324 e. The third kappa shape index (κ3) is 4.93. The van der Waals surface area contributed by atoms with Crippen LogP contribution in [0.4, 0.5) is 20.1 Å². The molecule has 1 aromatic carbocycles. The fraction of sp³-hybridized carbons (Fsp3) is 0.381. The number of anilines is 2. The first-order valence-corrected chi connectivity index (χ1v) is 11.4. The molecule has 2 atom stereocenters. The van der Waals surface area contributed by atoms with E-state index in [1.54, 1.807) is 15.9 Å². The van der Waals surface area contributed by atoms with E-state index in [0.29, 0.717) is 35.4 Å². The van der Waals surface area contributed by atoms with Gasteiger partial charge in [0, 0.05) is 43.3 Å². The van der Waals surface area contributed by atoms with Gasteiger partial charge in [-0.1, -0.05) is 22.9 Å². The summed E-state index contributed by atoms with van der Waals surface area (Å²) in [4.78, 5) is 24.9. The van der Waals surface area contributed by atoms with Crippen molar-refractivity contribution in [3.63, 3.8) is 0 Å². The van der Waals surface area contributed by atoms with Crippen molar-refractivity contribution in [3.8, 4) is 0 Å². The molecule has 1 saturated heterocycles. The highest BCUT2D eigenvalue weighted by molar-refractivity contribution is 7.22. The number of carbonyl (C=O) groups excluding carboxylic acids is 1. The maximum Gasteiger partial charge on any atom is 0.324 e. The molecule has 0 bridgehead atoms. The van der Waals surface area contributed by atoms with Crippen molar-refractivity contribution in [2.75, 3.05) is 36.5 Å². The monoisotopic (exact) mass is 479 g/mol. The van der Waals surface area contributed by atoms with E-state index in [0.717, 1.165) is 10.2 Å². The number of hydrogen-bond acceptors (Lipinski definition) is 7. The summed E-state index contributed by atoms with van der Waals surface area (Å²) in [5, 5.41) is 22.4. The standard InChI is InChI=1S/C21H23ClFN5O3S/c1-12-10-27(19-16(23)7-13(9-24-19)6-15(30)11-29)4-5-28(12)21(31)26-20-25-17-3-2-14(22)8-18(17)32-20/h2-3,7-9,12,15,29-30H,4-6,10-11H2,1H3,(H,25,26,31)/t12?,15-/m1/s1. The summed E-state index contributed by atoms with van der Waals surface area (Å²) in [5.41, 5.74) is 1.28. The number of piperazine rings is 1. The number of halogens is 2. The predicted octanol–water partition coefficient (Wildman–Crippen LogP) is 3.12. The molecule has 170 valence electrons. The lowest BCUT2D eigenvalue weighted by molar-refractivity contribution is 0.0954. The van der Waals surface area contributed by atoms with Gasteiger partial charge in [0.25, 0.3) is 0 Å². The number of amides is 2. The Morgan fingerprint density at radius 3 is 2.94 bits per heavy atom. The molecule has 0 spiro atoms. The molecule has 3 heterocycles. The van der Waals surface area contributed by atoms with E-state index in [-0.39, 0.29) is 24.3 Å². The topological polar surface area (TPSA) is 102 Å². The van der Waals surface area contributed by atoms with Gasteiger partial charge in [0.2, 0.25) is 0 Å². The number of hydrogen-bond donors (Lipinski definition) is 3. The number of rotatable bonds is 5. The van der Waals surface area contributed by atoms with Crippen LogP contribution in [0.15, 0.2) is 30.5 Å². The van der Waals surface area contributed by atoms with E-state index in [1.165, 1.54) is 23.6 Å². The number of carbonyl (C=O) groups is 1. The molecule has 4 rings (SSSR count). The molecular weight excluding hydrogens is 457 g/mol. The number of pyridine rings is 1. The number of aromatic nitrogens is 2. The molecule has 1 aliphatic rings. The van der Waals surface area contributed by atoms with Crippen molar-refractivity contribution < 1.29 is 19.4 Å². The molecule has 3 aromatic rings. The number of nitrogens with one attached hydrogen (secondary N) is 1. The number of nitrogens with zero attached hydrogens (tertiary/aromatic N) is 4. The van der Waals surface area contributed by atoms with Gasteiger partial charge in [0.15, 0.2) is 16.8 Å². The summed E-state index contributed by atoms with van der Waals surface area (Å²) in [6.07, 6.45) is 0.681. The van der Waals surface area contributed by atoms with Gasteiger partial charge in [0.05, 0.1) is 22.9 Å². The van der Waals surface area contributed by atoms with E-state index in [9.17, 15) is 14.3 Å². The van der Waals surface area contributed by atoms with Gasteiger partial charge in [-0.15, -0.1) is 0 Å². The van der Waals surface area contributed by atoms with Crippen LogP contribution in [0.1, 0.15) is 12.5 Å². The van der Waals surface area contributed by atoms with Crippen LogP contribution in [0.3, 0.4) is 0 Å². The van der Waals surface area contributed by atoms with E-state index < -0.39 is 18.5 Å². The first kappa shape index (κ1) is 22.7. The second-order valence-corrected chi connectivity index (χ2v) is 9.21. The van der Waals surface area contributed by atoms with Crippen LogP contribution < -0.4 is 10.2 Å². The van der Waals surface area contributed by atoms with E-state index >= 15 is 0 Å². The molecule has 8 nitrogen and oxygen atoms in total. The molecule has 0 aliphatic carbocycles. The maximum absolute atomic E-state index is 14.6. The van der Waals surface area contributed by atoms with Crippen molar-refractivity contribution in [1.29, 1.82) is 0 Å². The molecular formula is C21H23ClFN5O3S. The summed E-state index contributed by atoms with van der Waals surface area (Å²) in [6.45, 7) is 2.75. The highest BCUT2D eigenvalue weighted by atomic mass is 35.5. The first-order valence-electron chi connectivity index (χ1n) is 10.2. The fourth-order valence-electron chi connectivity index (χ4n) is 3.72. The van der Waals surface area contributed by atoms with Crippen molar-refractivity contribution in [2.45, 2.75) is 25.5 Å². The SMILES string of the molecule is CC1CN(c2ncc(C[C@@H](O)CO)cc2F)CCN1C(=O)Nc1nc2ccc(Cl)cc2s1. The normalized spacial score (nSPS) is 17.6. The van der Waals surface area contributed by atoms with Crippen LogP contribution in [0.25, 0.3) is 10.2 Å². The van der Waals surface area contributed by atoms with Gasteiger partial charge in [-0.25, -0.2) is 19.2 Å². The Bertz CT molecular complexity index is 1130. The molecule has 2 amide bonds. The molecule has 2 aromatic heterocycles. The Hall–Kier alpha value is -2.53. The van der Waals surface area contributed by atoms with Crippen LogP contribution >= 0.6 is 22.9 Å². The predicted molar refractivity (Wildman–Crippen MR) is 123 cm³/mol. The molecule has 1 unspecified atom stereocenters. The highest BCUT2D eigenvalue weighted by Crippen LogP contribution is 2.29. The minimum absolute atomic E-state index is 0.128. The van der Waals surface area contributed by atoms with Crippen molar-refractivity contribution in [3.05, 3.63) is 46.9 Å². The lowest BCUT2D eigenvalue weighted by Crippen LogP contribution is -2.55. The molecule has 1 aliphatic heterocycles. The summed E-state index contributed by atoms with van der Waals surface area (Å²) in [5.74, 6) is -0.284. The van der Waals surface area contributed by atoms with Crippen molar-refractivity contribution in [2.24, 2.45) is 0 Å². The Morgan fingerprint density at radius 1 is 1.41 bits per heavy atom. The second kappa shape index (κ2) is 9.53. The van der Waals surface area contributed by atoms with Crippen molar-refractivity contribution >= 4 is 50.1 Å². The van der Waals surface area contributed by atoms with Crippen LogP contribution in [0.5, 0.6) is 0 Å². The fourth-order valence-corrected chi connectivity index (χ4v) is 4.85. The Labute approximate surface area is 193 Å². The first-order chi connectivity index (χ1) is 15.3. The third-order valence-electron chi connectivity index (χ3n) is 5.31. The van der Waals surface area contributed by atoms with Gasteiger partial charge in [-0.2, -0.15) is 0 Å². The number of thiazole rings is 1. The van der Waals surface area contributed by atoms with E-state index in [1.807, 2.05) is 19.1 Å². The van der Waals surface area contributed by atoms with Crippen LogP contribution in [0.2, 0.25) is 5.02 Å². The number of benzene rings is 1. The van der Waals surface area contributed by atoms with Gasteiger partial charge in [0.1, 0.15) is 0 Å². The van der Waals surface area contributed by atoms with Gasteiger partial charge >= 0.3 is 6.03 Å². The van der Waals surface area contributed by atoms with Crippen LogP contribution in [-0.4, -0.2) is 69.5 Å². The second-order valence-electron chi connectivity index (χ2n) is 7.74. The quantitative estimate of drug-likeness (QED) is 0.519. The highest BCUT2D eigenvalue weighted by Gasteiger charge is 2.30. The zero-order chi connectivity index (χ0) is 22.8. The molecule has 1 fully saturated rings. The summed E-state index contributed by atoms with van der Waals surface area (Å²) in [7, 11) is 0. The lowest BCUT2D eigenvalue weighted by atomic mass is 10.1. The summed E-state index contributed by atoms with van der Waals surface area (Å²) >= 11 is 7.37. The zero-order valence-electron chi connectivity index (χ0n) is 17.3. The van der Waals surface area contributed by atoms with E-state index in [2.05, 4.69) is 15.3 Å². The van der Waals surface area contributed by atoms with E-state index in [4.69, 9.17) is 16.7 Å². The van der Waals surface area contributed by atoms with Crippen LogP contribution in [0, 0.1) is 5.82 Å². The number of fused-ring (bicyclic) bond motifs is 1. The average molecular weight is 480 g/mol. The van der Waals surface area contributed by atoms with Crippen LogP contribution in [-0.2, 0) is 6.42 Å². The number of urea groups is 1. The van der Waals surface area contributed by atoms with Gasteiger partial charge < -0.3 is 20.0 Å². The molecule has 11 heteroatoms. The molecule has 0 radical (unpaired) electrons. The molecule has 3 N–H and O–H groups in total. The Morgan fingerprint density at radius 2 is 2.22 bits per heavy atom. The molecule has 32 heavy (non-hydrogen) atoms. The van der Waals surface area contributed by atoms with Gasteiger partial charge in [-0.05, 0) is 36.8 Å². The Kier molecular flexibility index (Phi) is 6.75. The maximum atomic E-state index is 14.6. The third-order valence-corrected chi connectivity index (χ3v) is 6.48. The minimum atomic E-state index is -0.948. The molecule has 0 saturated carbocycles. The Balaban J connectivity index is 1.39. The average Bonchev–Trinajstić information content (AvgIpc) is 3.14. The number of aliphatic hydroxyl groups excluding tert-OH is 2. The number of aliphatic hydroxyl groups is 2.